The van der Waals surface area contributed by atoms with Crippen LogP contribution in [0, 0.1) is 17.8 Å². The summed E-state index contributed by atoms with van der Waals surface area (Å²) in [7, 11) is -3.96. The molecule has 1 saturated carbocycles. The number of nitrogens with zero attached hydrogens (tertiary/aromatic N) is 3. The zero-order chi connectivity index (χ0) is 35.8. The van der Waals surface area contributed by atoms with Crippen molar-refractivity contribution >= 4 is 33.2 Å². The number of aryl methyl sites for hydroxylation is 1. The molecule has 51 heavy (non-hydrogen) atoms. The van der Waals surface area contributed by atoms with Gasteiger partial charge in [0.25, 0.3) is 5.91 Å². The van der Waals surface area contributed by atoms with E-state index in [1.165, 1.54) is 16.7 Å². The maximum absolute atomic E-state index is 13.6. The summed E-state index contributed by atoms with van der Waals surface area (Å²) < 4.78 is 36.0. The van der Waals surface area contributed by atoms with Gasteiger partial charge in [0, 0.05) is 55.7 Å². The van der Waals surface area contributed by atoms with Crippen molar-refractivity contribution in [2.24, 2.45) is 17.8 Å². The second-order valence-corrected chi connectivity index (χ2v) is 18.0. The molecule has 7 rings (SSSR count). The smallest absolute Gasteiger partial charge is 0.264 e. The predicted octanol–water partition coefficient (Wildman–Crippen LogP) is 6.54. The van der Waals surface area contributed by atoms with Gasteiger partial charge in [0.05, 0.1) is 16.5 Å². The van der Waals surface area contributed by atoms with Crippen LogP contribution in [0.3, 0.4) is 0 Å². The van der Waals surface area contributed by atoms with Gasteiger partial charge in [-0.05, 0) is 135 Å². The highest BCUT2D eigenvalue weighted by atomic mass is 35.5. The zero-order valence-electron chi connectivity index (χ0n) is 29.8. The fraction of sp³-hybridized carbons (Fsp3) is 0.550. The number of benzene rings is 2. The normalized spacial score (nSPS) is 28.8. The van der Waals surface area contributed by atoms with Gasteiger partial charge in [0.15, 0.2) is 0 Å². The van der Waals surface area contributed by atoms with E-state index in [2.05, 4.69) is 25.6 Å². The Balaban J connectivity index is 1.23. The molecule has 1 fully saturated rings. The van der Waals surface area contributed by atoms with Crippen LogP contribution in [0.2, 0.25) is 5.02 Å². The Morgan fingerprint density at radius 2 is 1.84 bits per heavy atom. The molecule has 0 unspecified atom stereocenters. The number of aromatic nitrogens is 1. The molecule has 1 aliphatic carbocycles. The average Bonchev–Trinajstić information content (AvgIpc) is 3.12. The number of sulfonamides is 1. The number of hydrogen-bond acceptors (Lipinski definition) is 8. The third kappa shape index (κ3) is 7.94. The van der Waals surface area contributed by atoms with Crippen molar-refractivity contribution in [3.63, 3.8) is 0 Å². The van der Waals surface area contributed by atoms with Gasteiger partial charge in [-0.1, -0.05) is 31.0 Å². The van der Waals surface area contributed by atoms with E-state index in [4.69, 9.17) is 16.3 Å². The minimum Gasteiger partial charge on any atom is -0.487 e. The Morgan fingerprint density at radius 1 is 0.980 bits per heavy atom. The maximum Gasteiger partial charge on any atom is 0.264 e. The van der Waals surface area contributed by atoms with Crippen LogP contribution in [0.25, 0.3) is 0 Å². The van der Waals surface area contributed by atoms with Crippen molar-refractivity contribution in [2.75, 3.05) is 31.1 Å². The van der Waals surface area contributed by atoms with E-state index in [0.717, 1.165) is 69.4 Å². The quantitative estimate of drug-likeness (QED) is 0.306. The molecule has 2 aromatic carbocycles. The van der Waals surface area contributed by atoms with Gasteiger partial charge in [-0.3, -0.25) is 14.7 Å². The lowest BCUT2D eigenvalue weighted by Crippen LogP contribution is -2.56. The number of aliphatic hydroxyl groups is 1. The highest BCUT2D eigenvalue weighted by Crippen LogP contribution is 2.47. The van der Waals surface area contributed by atoms with Gasteiger partial charge in [-0.15, -0.1) is 0 Å². The van der Waals surface area contributed by atoms with Gasteiger partial charge < -0.3 is 14.7 Å². The number of hydrogen-bond donors (Lipinski definition) is 2. The number of fused-ring (bicyclic) bond motifs is 4. The molecule has 4 heterocycles. The Labute approximate surface area is 307 Å². The predicted molar refractivity (Wildman–Crippen MR) is 201 cm³/mol. The van der Waals surface area contributed by atoms with E-state index in [9.17, 15) is 18.3 Å². The van der Waals surface area contributed by atoms with E-state index in [-0.39, 0.29) is 23.3 Å². The molecule has 5 atom stereocenters. The number of anilines is 1. The van der Waals surface area contributed by atoms with Crippen LogP contribution in [0.1, 0.15) is 91.4 Å². The lowest BCUT2D eigenvalue weighted by molar-refractivity contribution is -0.107. The van der Waals surface area contributed by atoms with Crippen molar-refractivity contribution < 1.29 is 23.1 Å². The number of nitrogens with one attached hydrogen (secondary N) is 1. The van der Waals surface area contributed by atoms with E-state index in [1.807, 2.05) is 37.5 Å². The lowest BCUT2D eigenvalue weighted by atomic mass is 9.62. The third-order valence-corrected chi connectivity index (χ3v) is 14.3. The SMILES string of the molecule is C[C@@H]1[C@@H](C)CCC[C@@](O)(CN2CCc3ccncc3C2)[C@@H]2CC[C@H]2CN2CCCCc3cc(Cl)ccc3COc3ccc(cc32)C(=O)NS1(=O)=O. The Morgan fingerprint density at radius 3 is 2.67 bits per heavy atom. The van der Waals surface area contributed by atoms with Crippen LogP contribution in [-0.2, 0) is 36.0 Å². The van der Waals surface area contributed by atoms with Crippen LogP contribution in [0.4, 0.5) is 5.69 Å². The fourth-order valence-corrected chi connectivity index (χ4v) is 10.3. The standard InChI is InChI=1S/C40H51ClN4O5S/c1-27-6-5-16-40(47,26-44-19-15-29-14-17-42-22-34(29)23-44)36-12-9-32(36)24-45-18-4-3-7-30-20-35(41)11-8-33(30)25-50-38-13-10-31(21-37(38)45)39(46)43-51(48,49)28(27)2/h8,10-11,13-14,17,20-22,27-28,32,36,47H,3-7,9,12,15-16,18-19,23-26H2,1-2H3,(H,43,46)/t27-,28+,32-,36+,40+/m0/s1. The number of carbonyl (C=O) groups is 1. The molecule has 3 aliphatic heterocycles. The Hall–Kier alpha value is -3.18. The summed E-state index contributed by atoms with van der Waals surface area (Å²) in [5.74, 6) is 0.161. The lowest BCUT2D eigenvalue weighted by Gasteiger charge is -2.51. The van der Waals surface area contributed by atoms with Crippen LogP contribution in [0.15, 0.2) is 54.9 Å². The first-order chi connectivity index (χ1) is 24.5. The monoisotopic (exact) mass is 734 g/mol. The summed E-state index contributed by atoms with van der Waals surface area (Å²) in [4.78, 5) is 22.6. The third-order valence-electron chi connectivity index (χ3n) is 12.2. The van der Waals surface area contributed by atoms with Crippen LogP contribution < -0.4 is 14.4 Å². The summed E-state index contributed by atoms with van der Waals surface area (Å²) in [6.07, 6.45) is 11.4. The molecule has 4 aliphatic rings. The van der Waals surface area contributed by atoms with E-state index < -0.39 is 26.8 Å². The minimum atomic E-state index is -3.96. The number of ether oxygens (including phenoxy) is 1. The summed E-state index contributed by atoms with van der Waals surface area (Å²) in [6, 6.07) is 13.3. The molecule has 11 heteroatoms. The Kier molecular flexibility index (Phi) is 10.7. The number of amides is 1. The maximum atomic E-state index is 13.6. The summed E-state index contributed by atoms with van der Waals surface area (Å²) in [5.41, 5.74) is 4.93. The fourth-order valence-electron chi connectivity index (χ4n) is 8.75. The molecule has 1 aromatic heterocycles. The van der Waals surface area contributed by atoms with Gasteiger partial charge in [-0.25, -0.2) is 13.1 Å². The summed E-state index contributed by atoms with van der Waals surface area (Å²) in [5, 5.41) is 12.7. The van der Waals surface area contributed by atoms with Crippen molar-refractivity contribution in [1.29, 1.82) is 0 Å². The van der Waals surface area contributed by atoms with Crippen LogP contribution in [0.5, 0.6) is 5.75 Å². The molecule has 0 saturated heterocycles. The molecule has 1 amide bonds. The largest absolute Gasteiger partial charge is 0.487 e. The van der Waals surface area contributed by atoms with Crippen LogP contribution >= 0.6 is 11.6 Å². The Bertz CT molecular complexity index is 1860. The van der Waals surface area contributed by atoms with Gasteiger partial charge in [0.2, 0.25) is 10.0 Å². The molecule has 9 nitrogen and oxygen atoms in total. The number of pyridine rings is 1. The second-order valence-electron chi connectivity index (χ2n) is 15.5. The van der Waals surface area contributed by atoms with E-state index in [0.29, 0.717) is 49.7 Å². The molecular formula is C40H51ClN4O5S. The highest BCUT2D eigenvalue weighted by molar-refractivity contribution is 7.90. The molecule has 0 radical (unpaired) electrons. The summed E-state index contributed by atoms with van der Waals surface area (Å²) in [6.45, 7) is 7.63. The molecule has 274 valence electrons. The minimum absolute atomic E-state index is 0.0950. The van der Waals surface area contributed by atoms with E-state index >= 15 is 0 Å². The van der Waals surface area contributed by atoms with Crippen molar-refractivity contribution in [3.05, 3.63) is 87.7 Å². The molecule has 3 aromatic rings. The first kappa shape index (κ1) is 36.2. The van der Waals surface area contributed by atoms with Crippen molar-refractivity contribution in [2.45, 2.75) is 95.6 Å². The molecule has 2 bridgehead atoms. The van der Waals surface area contributed by atoms with Crippen molar-refractivity contribution in [1.82, 2.24) is 14.6 Å². The van der Waals surface area contributed by atoms with Crippen LogP contribution in [-0.4, -0.2) is 66.3 Å². The average molecular weight is 735 g/mol. The van der Waals surface area contributed by atoms with Crippen molar-refractivity contribution in [3.8, 4) is 5.75 Å². The van der Waals surface area contributed by atoms with Gasteiger partial charge in [0.1, 0.15) is 12.4 Å². The molecule has 2 N–H and O–H groups in total. The number of halogens is 1. The first-order valence-electron chi connectivity index (χ1n) is 18.7. The first-order valence-corrected chi connectivity index (χ1v) is 20.6. The molecular weight excluding hydrogens is 684 g/mol. The summed E-state index contributed by atoms with van der Waals surface area (Å²) >= 11 is 6.38. The second kappa shape index (κ2) is 15.0. The highest BCUT2D eigenvalue weighted by Gasteiger charge is 2.48. The number of rotatable bonds is 2. The van der Waals surface area contributed by atoms with Gasteiger partial charge >= 0.3 is 0 Å². The topological polar surface area (TPSA) is 112 Å². The zero-order valence-corrected chi connectivity index (χ0v) is 31.4. The van der Waals surface area contributed by atoms with Gasteiger partial charge in [-0.2, -0.15) is 0 Å². The number of β-amino-alcohol motifs (C(OH)–C–C–N with tert-alkyl or cyclic N) is 1. The van der Waals surface area contributed by atoms with E-state index in [1.54, 1.807) is 25.1 Å². The molecule has 0 spiro atoms. The number of carbonyl (C=O) groups excluding carboxylic acids is 1.